The molecular weight excluding hydrogens is 451 g/mol. The van der Waals surface area contributed by atoms with Crippen LogP contribution in [0.5, 0.6) is 0 Å². The van der Waals surface area contributed by atoms with Crippen molar-refractivity contribution in [3.8, 4) is 5.69 Å². The first kappa shape index (κ1) is 22.3. The van der Waals surface area contributed by atoms with E-state index in [0.29, 0.717) is 10.6 Å². The lowest BCUT2D eigenvalue weighted by Gasteiger charge is -2.23. The van der Waals surface area contributed by atoms with Gasteiger partial charge in [0.25, 0.3) is 5.91 Å². The third-order valence-corrected chi connectivity index (χ3v) is 7.26. The van der Waals surface area contributed by atoms with E-state index in [1.165, 1.54) is 40.5 Å². The number of para-hydroxylation sites is 1. The summed E-state index contributed by atoms with van der Waals surface area (Å²) in [5.41, 5.74) is 2.21. The number of nitrogens with one attached hydrogen (secondary N) is 1. The van der Waals surface area contributed by atoms with Crippen molar-refractivity contribution in [1.29, 1.82) is 0 Å². The van der Waals surface area contributed by atoms with Crippen LogP contribution in [0.4, 0.5) is 10.1 Å². The number of hydrogen-bond acceptors (Lipinski definition) is 4. The van der Waals surface area contributed by atoms with E-state index in [9.17, 15) is 14.0 Å². The van der Waals surface area contributed by atoms with Crippen LogP contribution in [-0.2, 0) is 4.79 Å². The number of anilines is 1. The third-order valence-electron chi connectivity index (χ3n) is 6.16. The Morgan fingerprint density at radius 2 is 1.82 bits per heavy atom. The van der Waals surface area contributed by atoms with E-state index in [-0.39, 0.29) is 24.4 Å². The summed E-state index contributed by atoms with van der Waals surface area (Å²) in [7, 11) is 0. The van der Waals surface area contributed by atoms with Gasteiger partial charge in [0, 0.05) is 17.1 Å². The van der Waals surface area contributed by atoms with Gasteiger partial charge >= 0.3 is 0 Å². The lowest BCUT2D eigenvalue weighted by Crippen LogP contribution is -2.43. The van der Waals surface area contributed by atoms with Gasteiger partial charge in [0.2, 0.25) is 5.91 Å². The zero-order chi connectivity index (χ0) is 23.7. The minimum Gasteiger partial charge on any atom is -0.352 e. The molecule has 5 rings (SSSR count). The summed E-state index contributed by atoms with van der Waals surface area (Å²) in [5.74, 6) is -0.905. The van der Waals surface area contributed by atoms with E-state index in [2.05, 4.69) is 10.4 Å². The topological polar surface area (TPSA) is 67.2 Å². The molecule has 34 heavy (non-hydrogen) atoms. The summed E-state index contributed by atoms with van der Waals surface area (Å²) in [6, 6.07) is 17.4. The number of fused-ring (bicyclic) bond motifs is 1. The molecule has 4 aromatic rings. The number of amides is 2. The van der Waals surface area contributed by atoms with Crippen molar-refractivity contribution in [3.63, 3.8) is 0 Å². The third kappa shape index (κ3) is 4.46. The van der Waals surface area contributed by atoms with Crippen molar-refractivity contribution in [2.75, 3.05) is 11.4 Å². The Morgan fingerprint density at radius 3 is 2.53 bits per heavy atom. The highest BCUT2D eigenvalue weighted by atomic mass is 32.1. The maximum absolute atomic E-state index is 13.7. The molecule has 0 bridgehead atoms. The number of benzene rings is 2. The average Bonchev–Trinajstić information content (AvgIpc) is 3.57. The monoisotopic (exact) mass is 476 g/mol. The smallest absolute Gasteiger partial charge is 0.268 e. The first-order valence-electron chi connectivity index (χ1n) is 11.4. The van der Waals surface area contributed by atoms with Crippen LogP contribution in [-0.4, -0.2) is 34.2 Å². The number of rotatable bonds is 6. The highest BCUT2D eigenvalue weighted by Crippen LogP contribution is 2.32. The van der Waals surface area contributed by atoms with Crippen LogP contribution in [0.3, 0.4) is 0 Å². The number of nitrogens with zero attached hydrogens (tertiary/aromatic N) is 3. The molecule has 174 valence electrons. The predicted octanol–water partition coefficient (Wildman–Crippen LogP) is 5.24. The van der Waals surface area contributed by atoms with Gasteiger partial charge in [-0.1, -0.05) is 31.0 Å². The van der Waals surface area contributed by atoms with Gasteiger partial charge in [0.15, 0.2) is 0 Å². The average molecular weight is 477 g/mol. The van der Waals surface area contributed by atoms with Gasteiger partial charge in [-0.25, -0.2) is 9.07 Å². The molecule has 2 aromatic carbocycles. The van der Waals surface area contributed by atoms with Gasteiger partial charge in [0.05, 0.1) is 16.3 Å². The fraction of sp³-hybridized carbons (Fsp3) is 0.269. The van der Waals surface area contributed by atoms with E-state index in [1.54, 1.807) is 0 Å². The Kier molecular flexibility index (Phi) is 6.15. The van der Waals surface area contributed by atoms with Gasteiger partial charge in [-0.05, 0) is 62.2 Å². The van der Waals surface area contributed by atoms with Crippen LogP contribution >= 0.6 is 11.3 Å². The minimum absolute atomic E-state index is 0.126. The Hall–Kier alpha value is -3.52. The fourth-order valence-corrected chi connectivity index (χ4v) is 5.55. The van der Waals surface area contributed by atoms with E-state index in [0.717, 1.165) is 47.3 Å². The molecule has 2 aromatic heterocycles. The largest absolute Gasteiger partial charge is 0.352 e. The molecule has 1 saturated carbocycles. The van der Waals surface area contributed by atoms with Crippen molar-refractivity contribution in [3.05, 3.63) is 77.1 Å². The molecule has 2 amide bonds. The second-order valence-corrected chi connectivity index (χ2v) is 9.61. The Morgan fingerprint density at radius 1 is 1.12 bits per heavy atom. The highest BCUT2D eigenvalue weighted by Gasteiger charge is 2.26. The zero-order valence-corrected chi connectivity index (χ0v) is 19.6. The molecule has 1 aliphatic carbocycles. The fourth-order valence-electron chi connectivity index (χ4n) is 4.42. The number of hydrogen-bond donors (Lipinski definition) is 1. The molecule has 8 heteroatoms. The van der Waals surface area contributed by atoms with E-state index < -0.39 is 5.82 Å². The van der Waals surface area contributed by atoms with Crippen LogP contribution in [0.15, 0.2) is 60.7 Å². The molecule has 0 saturated heterocycles. The Bertz CT molecular complexity index is 1320. The van der Waals surface area contributed by atoms with Crippen LogP contribution < -0.4 is 10.2 Å². The standard InChI is InChI=1S/C26H25FN4O2S/c1-17-22-15-23(34-26(22)31(29-17)21-9-3-2-4-10-21)25(33)30(20-13-11-18(27)12-14-20)16-24(32)28-19-7-5-6-8-19/h2-4,9-15,19H,5-8,16H2,1H3,(H,28,32). The van der Waals surface area contributed by atoms with Crippen molar-refractivity contribution in [2.45, 2.75) is 38.6 Å². The van der Waals surface area contributed by atoms with Gasteiger partial charge in [-0.2, -0.15) is 5.10 Å². The summed E-state index contributed by atoms with van der Waals surface area (Å²) in [4.78, 5) is 29.3. The van der Waals surface area contributed by atoms with Gasteiger partial charge in [-0.3, -0.25) is 14.5 Å². The number of carbonyl (C=O) groups is 2. The molecular formula is C26H25FN4O2S. The second-order valence-electron chi connectivity index (χ2n) is 8.58. The van der Waals surface area contributed by atoms with Gasteiger partial charge in [-0.15, -0.1) is 11.3 Å². The first-order valence-corrected chi connectivity index (χ1v) is 12.2. The summed E-state index contributed by atoms with van der Waals surface area (Å²) in [5, 5.41) is 8.57. The molecule has 0 spiro atoms. The van der Waals surface area contributed by atoms with Crippen LogP contribution in [0.25, 0.3) is 15.9 Å². The van der Waals surface area contributed by atoms with Crippen molar-refractivity contribution in [2.24, 2.45) is 0 Å². The first-order chi connectivity index (χ1) is 16.5. The molecule has 1 aliphatic rings. The molecule has 2 heterocycles. The molecule has 1 N–H and O–H groups in total. The molecule has 0 atom stereocenters. The SMILES string of the molecule is Cc1nn(-c2ccccc2)c2sc(C(=O)N(CC(=O)NC3CCCC3)c3ccc(F)cc3)cc12. The highest BCUT2D eigenvalue weighted by molar-refractivity contribution is 7.20. The minimum atomic E-state index is -0.396. The molecule has 6 nitrogen and oxygen atoms in total. The number of aryl methyl sites for hydroxylation is 1. The van der Waals surface area contributed by atoms with Crippen LogP contribution in [0.1, 0.15) is 41.0 Å². The number of thiophene rings is 1. The van der Waals surface area contributed by atoms with Crippen molar-refractivity contribution >= 4 is 39.1 Å². The van der Waals surface area contributed by atoms with Crippen LogP contribution in [0.2, 0.25) is 0 Å². The van der Waals surface area contributed by atoms with E-state index in [1.807, 2.05) is 48.0 Å². The Balaban J connectivity index is 1.47. The summed E-state index contributed by atoms with van der Waals surface area (Å²) < 4.78 is 15.4. The summed E-state index contributed by atoms with van der Waals surface area (Å²) in [6.45, 7) is 1.79. The predicted molar refractivity (Wildman–Crippen MR) is 132 cm³/mol. The summed E-state index contributed by atoms with van der Waals surface area (Å²) in [6.07, 6.45) is 4.12. The lowest BCUT2D eigenvalue weighted by molar-refractivity contribution is -0.120. The quantitative estimate of drug-likeness (QED) is 0.414. The molecule has 0 aliphatic heterocycles. The normalized spacial score (nSPS) is 13.9. The van der Waals surface area contributed by atoms with E-state index in [4.69, 9.17) is 0 Å². The molecule has 0 radical (unpaired) electrons. The number of carbonyl (C=O) groups excluding carboxylic acids is 2. The number of halogens is 1. The zero-order valence-electron chi connectivity index (χ0n) is 18.8. The van der Waals surface area contributed by atoms with Crippen molar-refractivity contribution in [1.82, 2.24) is 15.1 Å². The molecule has 0 unspecified atom stereocenters. The lowest BCUT2D eigenvalue weighted by atomic mass is 10.2. The van der Waals surface area contributed by atoms with Gasteiger partial charge < -0.3 is 5.32 Å². The molecule has 1 fully saturated rings. The second kappa shape index (κ2) is 9.38. The van der Waals surface area contributed by atoms with Gasteiger partial charge in [0.1, 0.15) is 17.2 Å². The van der Waals surface area contributed by atoms with Crippen LogP contribution in [0, 0.1) is 12.7 Å². The maximum atomic E-state index is 13.7. The van der Waals surface area contributed by atoms with E-state index >= 15 is 0 Å². The van der Waals surface area contributed by atoms with Crippen molar-refractivity contribution < 1.29 is 14.0 Å². The maximum Gasteiger partial charge on any atom is 0.268 e. The summed E-state index contributed by atoms with van der Waals surface area (Å²) >= 11 is 1.34. The Labute approximate surface area is 201 Å². The number of aromatic nitrogens is 2.